The molecule has 2 aromatic rings. The van der Waals surface area contributed by atoms with Crippen LogP contribution in [0.3, 0.4) is 0 Å². The van der Waals surface area contributed by atoms with Crippen LogP contribution < -0.4 is 4.74 Å². The van der Waals surface area contributed by atoms with E-state index in [1.807, 2.05) is 12.1 Å². The van der Waals surface area contributed by atoms with Crippen LogP contribution in [0.2, 0.25) is 5.02 Å². The van der Waals surface area contributed by atoms with Gasteiger partial charge in [-0.3, -0.25) is 0 Å². The highest BCUT2D eigenvalue weighted by Gasteiger charge is 2.10. The van der Waals surface area contributed by atoms with Crippen LogP contribution >= 0.6 is 45.5 Å². The van der Waals surface area contributed by atoms with E-state index in [1.54, 1.807) is 13.2 Å². The van der Waals surface area contributed by atoms with Gasteiger partial charge in [0, 0.05) is 5.02 Å². The maximum absolute atomic E-state index is 5.87. The highest BCUT2D eigenvalue weighted by molar-refractivity contribution is 14.1. The van der Waals surface area contributed by atoms with E-state index in [0.717, 1.165) is 19.3 Å². The van der Waals surface area contributed by atoms with Crippen molar-refractivity contribution in [2.24, 2.45) is 0 Å². The fourth-order valence-corrected chi connectivity index (χ4v) is 2.65. The van der Waals surface area contributed by atoms with E-state index in [1.165, 1.54) is 11.3 Å². The standard InChI is InChI=1S/C9H6ClIN2OS/c1-14-7-4-5(10)2-3-6(7)8-12-13-9(11)15-8/h2-4H,1H3. The van der Waals surface area contributed by atoms with Gasteiger partial charge in [-0.25, -0.2) is 0 Å². The van der Waals surface area contributed by atoms with Crippen LogP contribution in [0.25, 0.3) is 10.6 Å². The highest BCUT2D eigenvalue weighted by atomic mass is 127. The Labute approximate surface area is 110 Å². The summed E-state index contributed by atoms with van der Waals surface area (Å²) in [6.07, 6.45) is 0. The summed E-state index contributed by atoms with van der Waals surface area (Å²) in [7, 11) is 1.61. The molecule has 0 amide bonds. The van der Waals surface area contributed by atoms with E-state index in [-0.39, 0.29) is 0 Å². The summed E-state index contributed by atoms with van der Waals surface area (Å²) in [5, 5.41) is 9.51. The summed E-state index contributed by atoms with van der Waals surface area (Å²) >= 11 is 9.53. The first-order valence-electron chi connectivity index (χ1n) is 4.03. The van der Waals surface area contributed by atoms with Gasteiger partial charge < -0.3 is 4.74 Å². The molecule has 0 aliphatic rings. The second-order valence-electron chi connectivity index (χ2n) is 2.70. The maximum atomic E-state index is 5.87. The molecule has 2 rings (SSSR count). The predicted molar refractivity (Wildman–Crippen MR) is 69.6 cm³/mol. The molecule has 0 unspecified atom stereocenters. The Hall–Kier alpha value is -0.400. The number of aromatic nitrogens is 2. The number of halogens is 2. The number of rotatable bonds is 2. The number of benzene rings is 1. The monoisotopic (exact) mass is 352 g/mol. The van der Waals surface area contributed by atoms with Crippen molar-refractivity contribution in [1.29, 1.82) is 0 Å². The van der Waals surface area contributed by atoms with E-state index >= 15 is 0 Å². The van der Waals surface area contributed by atoms with E-state index < -0.39 is 0 Å². The number of ether oxygens (including phenoxy) is 1. The molecule has 0 aliphatic heterocycles. The Kier molecular flexibility index (Phi) is 3.42. The molecule has 0 saturated carbocycles. The number of methoxy groups -OCH3 is 1. The Morgan fingerprint density at radius 1 is 1.40 bits per heavy atom. The molecule has 1 aromatic carbocycles. The van der Waals surface area contributed by atoms with Crippen LogP contribution in [0.15, 0.2) is 18.2 Å². The average Bonchev–Trinajstić information content (AvgIpc) is 2.64. The molecular formula is C9H6ClIN2OS. The molecule has 0 bridgehead atoms. The lowest BCUT2D eigenvalue weighted by atomic mass is 10.2. The van der Waals surface area contributed by atoms with Crippen molar-refractivity contribution in [2.45, 2.75) is 0 Å². The lowest BCUT2D eigenvalue weighted by Gasteiger charge is -2.05. The first-order chi connectivity index (χ1) is 7.20. The minimum absolute atomic E-state index is 0.648. The maximum Gasteiger partial charge on any atom is 0.178 e. The fraction of sp³-hybridized carbons (Fsp3) is 0.111. The van der Waals surface area contributed by atoms with Crippen molar-refractivity contribution in [3.8, 4) is 16.3 Å². The van der Waals surface area contributed by atoms with Crippen molar-refractivity contribution in [2.75, 3.05) is 7.11 Å². The first kappa shape index (κ1) is 11.1. The van der Waals surface area contributed by atoms with Gasteiger partial charge in [-0.05, 0) is 40.8 Å². The third-order valence-corrected chi connectivity index (χ3v) is 3.65. The summed E-state index contributed by atoms with van der Waals surface area (Å²) in [5.41, 5.74) is 0.919. The second kappa shape index (κ2) is 4.63. The normalized spacial score (nSPS) is 10.3. The molecule has 1 aromatic heterocycles. The molecule has 0 radical (unpaired) electrons. The number of hydrogen-bond acceptors (Lipinski definition) is 4. The van der Waals surface area contributed by atoms with Crippen LogP contribution in [0.4, 0.5) is 0 Å². The first-order valence-corrected chi connectivity index (χ1v) is 6.31. The Balaban J connectivity index is 2.52. The van der Waals surface area contributed by atoms with E-state index in [4.69, 9.17) is 16.3 Å². The Morgan fingerprint density at radius 2 is 2.20 bits per heavy atom. The van der Waals surface area contributed by atoms with E-state index in [0.29, 0.717) is 5.02 Å². The summed E-state index contributed by atoms with van der Waals surface area (Å²) in [4.78, 5) is 0. The van der Waals surface area contributed by atoms with Gasteiger partial charge >= 0.3 is 0 Å². The van der Waals surface area contributed by atoms with Crippen molar-refractivity contribution < 1.29 is 4.74 Å². The van der Waals surface area contributed by atoms with Gasteiger partial charge in [0.25, 0.3) is 0 Å². The van der Waals surface area contributed by atoms with Gasteiger partial charge in [0.15, 0.2) is 8.02 Å². The molecule has 0 atom stereocenters. The lowest BCUT2D eigenvalue weighted by molar-refractivity contribution is 0.416. The van der Waals surface area contributed by atoms with Crippen LogP contribution in [0.5, 0.6) is 5.75 Å². The summed E-state index contributed by atoms with van der Waals surface area (Å²) in [6.45, 7) is 0. The molecule has 0 saturated heterocycles. The molecule has 0 fully saturated rings. The summed E-state index contributed by atoms with van der Waals surface area (Å²) in [6, 6.07) is 5.47. The third kappa shape index (κ3) is 2.40. The molecule has 78 valence electrons. The van der Waals surface area contributed by atoms with E-state index in [2.05, 4.69) is 32.8 Å². The molecular weight excluding hydrogens is 347 g/mol. The minimum atomic E-state index is 0.648. The molecule has 0 aliphatic carbocycles. The largest absolute Gasteiger partial charge is 0.496 e. The Morgan fingerprint density at radius 3 is 2.80 bits per heavy atom. The van der Waals surface area contributed by atoms with Gasteiger partial charge in [0.1, 0.15) is 5.75 Å². The number of hydrogen-bond donors (Lipinski definition) is 0. The van der Waals surface area contributed by atoms with Crippen LogP contribution in [0.1, 0.15) is 0 Å². The summed E-state index contributed by atoms with van der Waals surface area (Å²) < 4.78 is 6.14. The SMILES string of the molecule is COc1cc(Cl)ccc1-c1nnc(I)s1. The van der Waals surface area contributed by atoms with Crippen molar-refractivity contribution in [3.63, 3.8) is 0 Å². The fourth-order valence-electron chi connectivity index (χ4n) is 1.16. The zero-order chi connectivity index (χ0) is 10.8. The second-order valence-corrected chi connectivity index (χ2v) is 5.87. The van der Waals surface area contributed by atoms with Crippen LogP contribution in [-0.2, 0) is 0 Å². The molecule has 6 heteroatoms. The van der Waals surface area contributed by atoms with Gasteiger partial charge in [-0.2, -0.15) is 0 Å². The molecule has 3 nitrogen and oxygen atoms in total. The molecule has 0 N–H and O–H groups in total. The van der Waals surface area contributed by atoms with Crippen molar-refractivity contribution >= 4 is 45.5 Å². The zero-order valence-corrected chi connectivity index (χ0v) is 11.4. The minimum Gasteiger partial charge on any atom is -0.496 e. The lowest BCUT2D eigenvalue weighted by Crippen LogP contribution is -1.87. The van der Waals surface area contributed by atoms with Crippen LogP contribution in [0, 0.1) is 3.01 Å². The zero-order valence-electron chi connectivity index (χ0n) is 7.70. The topological polar surface area (TPSA) is 35.0 Å². The van der Waals surface area contributed by atoms with E-state index in [9.17, 15) is 0 Å². The number of nitrogens with zero attached hydrogens (tertiary/aromatic N) is 2. The quantitative estimate of drug-likeness (QED) is 0.776. The van der Waals surface area contributed by atoms with Gasteiger partial charge in [0.2, 0.25) is 0 Å². The average molecular weight is 353 g/mol. The van der Waals surface area contributed by atoms with Gasteiger partial charge in [-0.1, -0.05) is 22.9 Å². The van der Waals surface area contributed by atoms with Crippen molar-refractivity contribution in [1.82, 2.24) is 10.2 Å². The molecule has 0 spiro atoms. The smallest absolute Gasteiger partial charge is 0.178 e. The van der Waals surface area contributed by atoms with Crippen molar-refractivity contribution in [3.05, 3.63) is 26.2 Å². The predicted octanol–water partition coefficient (Wildman–Crippen LogP) is 3.47. The summed E-state index contributed by atoms with van der Waals surface area (Å²) in [5.74, 6) is 0.718. The van der Waals surface area contributed by atoms with Gasteiger partial charge in [-0.15, -0.1) is 10.2 Å². The Bertz CT molecular complexity index is 489. The molecule has 1 heterocycles. The van der Waals surface area contributed by atoms with Crippen LogP contribution in [-0.4, -0.2) is 17.3 Å². The third-order valence-electron chi connectivity index (χ3n) is 1.79. The highest BCUT2D eigenvalue weighted by Crippen LogP contribution is 2.34. The molecule has 15 heavy (non-hydrogen) atoms. The van der Waals surface area contributed by atoms with Gasteiger partial charge in [0.05, 0.1) is 12.7 Å².